The molecular weight excluding hydrogens is 306 g/mol. The van der Waals surface area contributed by atoms with Gasteiger partial charge in [-0.1, -0.05) is 0 Å². The number of nitrogens with two attached hydrogens (primary N) is 1. The van der Waals surface area contributed by atoms with Crippen molar-refractivity contribution in [3.8, 4) is 0 Å². The molecule has 0 aromatic carbocycles. The number of amides is 1. The number of hydrogen-bond acceptors (Lipinski definition) is 5. The smallest absolute Gasteiger partial charge is 0.277 e. The predicted octanol–water partition coefficient (Wildman–Crippen LogP) is -0.588. The minimum absolute atomic E-state index is 0.0902. The predicted molar refractivity (Wildman–Crippen MR) is 71.1 cm³/mol. The van der Waals surface area contributed by atoms with Gasteiger partial charge in [-0.3, -0.25) is 9.78 Å². The monoisotopic (exact) mass is 322 g/mol. The Hall–Kier alpha value is -1.65. The molecule has 1 aromatic rings. The Morgan fingerprint density at radius 1 is 1.52 bits per heavy atom. The van der Waals surface area contributed by atoms with Crippen LogP contribution in [0.5, 0.6) is 0 Å². The SMILES string of the molecule is CN(CC(=O)NCC(F)(F)CN)S(=O)(=O)c1cccnc1. The van der Waals surface area contributed by atoms with Gasteiger partial charge in [0.25, 0.3) is 5.92 Å². The largest absolute Gasteiger partial charge is 0.349 e. The van der Waals surface area contributed by atoms with Crippen LogP contribution in [0.4, 0.5) is 8.78 Å². The molecule has 1 heterocycles. The van der Waals surface area contributed by atoms with Gasteiger partial charge in [-0.2, -0.15) is 4.31 Å². The summed E-state index contributed by atoms with van der Waals surface area (Å²) in [6, 6.07) is 2.75. The van der Waals surface area contributed by atoms with Crippen LogP contribution >= 0.6 is 0 Å². The van der Waals surface area contributed by atoms with Gasteiger partial charge in [0.15, 0.2) is 0 Å². The fourth-order valence-electron chi connectivity index (χ4n) is 1.32. The number of halogens is 2. The van der Waals surface area contributed by atoms with Crippen molar-refractivity contribution in [2.24, 2.45) is 5.73 Å². The fourth-order valence-corrected chi connectivity index (χ4v) is 2.41. The number of carbonyl (C=O) groups is 1. The summed E-state index contributed by atoms with van der Waals surface area (Å²) in [5.41, 5.74) is 4.82. The Kier molecular flexibility index (Phi) is 5.70. The van der Waals surface area contributed by atoms with Crippen molar-refractivity contribution in [1.29, 1.82) is 0 Å². The van der Waals surface area contributed by atoms with Crippen molar-refractivity contribution in [1.82, 2.24) is 14.6 Å². The molecule has 0 spiro atoms. The Balaban J connectivity index is 2.65. The Labute approximate surface area is 121 Å². The van der Waals surface area contributed by atoms with Gasteiger partial charge in [0, 0.05) is 19.4 Å². The molecule has 21 heavy (non-hydrogen) atoms. The summed E-state index contributed by atoms with van der Waals surface area (Å²) >= 11 is 0. The third-order valence-corrected chi connectivity index (χ3v) is 4.34. The molecule has 3 N–H and O–H groups in total. The van der Waals surface area contributed by atoms with E-state index in [-0.39, 0.29) is 4.90 Å². The van der Waals surface area contributed by atoms with E-state index in [1.54, 1.807) is 0 Å². The van der Waals surface area contributed by atoms with E-state index < -0.39 is 41.5 Å². The van der Waals surface area contributed by atoms with Crippen LogP contribution in [0, 0.1) is 0 Å². The number of nitrogens with one attached hydrogen (secondary N) is 1. The van der Waals surface area contributed by atoms with Crippen LogP contribution in [0.3, 0.4) is 0 Å². The van der Waals surface area contributed by atoms with E-state index >= 15 is 0 Å². The summed E-state index contributed by atoms with van der Waals surface area (Å²) in [4.78, 5) is 15.1. The molecule has 0 bridgehead atoms. The van der Waals surface area contributed by atoms with Gasteiger partial charge < -0.3 is 11.1 Å². The maximum atomic E-state index is 12.9. The second kappa shape index (κ2) is 6.87. The molecule has 0 radical (unpaired) electrons. The topological polar surface area (TPSA) is 105 Å². The average molecular weight is 322 g/mol. The maximum Gasteiger partial charge on any atom is 0.277 e. The summed E-state index contributed by atoms with van der Waals surface area (Å²) < 4.78 is 50.6. The fraction of sp³-hybridized carbons (Fsp3) is 0.455. The van der Waals surface area contributed by atoms with Gasteiger partial charge in [-0.25, -0.2) is 17.2 Å². The second-order valence-electron chi connectivity index (χ2n) is 4.29. The molecule has 0 unspecified atom stereocenters. The molecule has 0 aliphatic heterocycles. The lowest BCUT2D eigenvalue weighted by atomic mass is 10.3. The van der Waals surface area contributed by atoms with Gasteiger partial charge in [0.2, 0.25) is 15.9 Å². The third kappa shape index (κ3) is 4.99. The van der Waals surface area contributed by atoms with Gasteiger partial charge in [0.05, 0.1) is 19.6 Å². The lowest BCUT2D eigenvalue weighted by Gasteiger charge is -2.18. The van der Waals surface area contributed by atoms with Crippen LogP contribution in [0.2, 0.25) is 0 Å². The first-order valence-electron chi connectivity index (χ1n) is 5.90. The number of carbonyl (C=O) groups excluding carboxylic acids is 1. The zero-order valence-corrected chi connectivity index (χ0v) is 12.1. The quantitative estimate of drug-likeness (QED) is 0.698. The normalized spacial score (nSPS) is 12.4. The van der Waals surface area contributed by atoms with Crippen LogP contribution < -0.4 is 11.1 Å². The van der Waals surface area contributed by atoms with Crippen molar-refractivity contribution in [2.75, 3.05) is 26.7 Å². The summed E-state index contributed by atoms with van der Waals surface area (Å²) in [6.07, 6.45) is 2.53. The highest BCUT2D eigenvalue weighted by atomic mass is 32.2. The van der Waals surface area contributed by atoms with E-state index in [4.69, 9.17) is 5.73 Å². The molecule has 10 heteroatoms. The lowest BCUT2D eigenvalue weighted by Crippen LogP contribution is -2.45. The maximum absolute atomic E-state index is 12.9. The van der Waals surface area contributed by atoms with Crippen molar-refractivity contribution in [2.45, 2.75) is 10.8 Å². The zero-order chi connectivity index (χ0) is 16.1. The minimum atomic E-state index is -3.90. The molecule has 7 nitrogen and oxygen atoms in total. The van der Waals surface area contributed by atoms with Crippen LogP contribution in [0.1, 0.15) is 0 Å². The molecule has 0 fully saturated rings. The molecule has 1 rings (SSSR count). The molecule has 0 saturated carbocycles. The first-order chi connectivity index (χ1) is 9.69. The summed E-state index contributed by atoms with van der Waals surface area (Å²) in [5.74, 6) is -4.07. The summed E-state index contributed by atoms with van der Waals surface area (Å²) in [7, 11) is -2.73. The van der Waals surface area contributed by atoms with Crippen LogP contribution in [0.25, 0.3) is 0 Å². The highest BCUT2D eigenvalue weighted by molar-refractivity contribution is 7.89. The van der Waals surface area contributed by atoms with Crippen molar-refractivity contribution < 1.29 is 22.0 Å². The number of nitrogens with zero attached hydrogens (tertiary/aromatic N) is 2. The van der Waals surface area contributed by atoms with Crippen LogP contribution in [0.15, 0.2) is 29.4 Å². The highest BCUT2D eigenvalue weighted by Crippen LogP contribution is 2.12. The summed E-state index contributed by atoms with van der Waals surface area (Å²) in [5, 5.41) is 1.94. The van der Waals surface area contributed by atoms with Crippen molar-refractivity contribution in [3.05, 3.63) is 24.5 Å². The van der Waals surface area contributed by atoms with Crippen molar-refractivity contribution in [3.63, 3.8) is 0 Å². The van der Waals surface area contributed by atoms with E-state index in [0.717, 1.165) is 10.5 Å². The molecule has 0 saturated heterocycles. The van der Waals surface area contributed by atoms with E-state index in [1.165, 1.54) is 25.4 Å². The van der Waals surface area contributed by atoms with E-state index in [1.807, 2.05) is 5.32 Å². The standard InChI is InChI=1S/C11H16F2N4O3S/c1-17(6-10(18)16-8-11(12,13)7-14)21(19,20)9-3-2-4-15-5-9/h2-5H,6-8,14H2,1H3,(H,16,18). The van der Waals surface area contributed by atoms with Gasteiger partial charge in [-0.15, -0.1) is 0 Å². The molecule has 1 amide bonds. The van der Waals surface area contributed by atoms with Crippen LogP contribution in [-0.2, 0) is 14.8 Å². The number of hydrogen-bond donors (Lipinski definition) is 2. The zero-order valence-electron chi connectivity index (χ0n) is 11.3. The average Bonchev–Trinajstić information content (AvgIpc) is 2.46. The molecular formula is C11H16F2N4O3S. The van der Waals surface area contributed by atoms with E-state index in [0.29, 0.717) is 0 Å². The Morgan fingerprint density at radius 3 is 2.71 bits per heavy atom. The van der Waals surface area contributed by atoms with Crippen molar-refractivity contribution >= 4 is 15.9 Å². The second-order valence-corrected chi connectivity index (χ2v) is 6.33. The third-order valence-electron chi connectivity index (χ3n) is 2.55. The number of rotatable bonds is 7. The first-order valence-corrected chi connectivity index (χ1v) is 7.34. The van der Waals surface area contributed by atoms with Crippen LogP contribution in [-0.4, -0.2) is 56.2 Å². The Morgan fingerprint density at radius 2 is 2.19 bits per heavy atom. The Bertz CT molecular complexity index is 580. The molecule has 118 valence electrons. The highest BCUT2D eigenvalue weighted by Gasteiger charge is 2.28. The minimum Gasteiger partial charge on any atom is -0.349 e. The first kappa shape index (κ1) is 17.4. The summed E-state index contributed by atoms with van der Waals surface area (Å²) in [6.45, 7) is -2.43. The van der Waals surface area contributed by atoms with Gasteiger partial charge in [0.1, 0.15) is 4.90 Å². The molecule has 1 aromatic heterocycles. The van der Waals surface area contributed by atoms with E-state index in [9.17, 15) is 22.0 Å². The molecule has 0 aliphatic carbocycles. The number of sulfonamides is 1. The number of likely N-dealkylation sites (N-methyl/N-ethyl adjacent to an activating group) is 1. The van der Waals surface area contributed by atoms with Gasteiger partial charge >= 0.3 is 0 Å². The number of pyridine rings is 1. The lowest BCUT2D eigenvalue weighted by molar-refractivity contribution is -0.122. The molecule has 0 aliphatic rings. The molecule has 0 atom stereocenters. The number of alkyl halides is 2. The van der Waals surface area contributed by atoms with Gasteiger partial charge in [-0.05, 0) is 12.1 Å². The van der Waals surface area contributed by atoms with E-state index in [2.05, 4.69) is 4.98 Å². The number of aromatic nitrogens is 1.